The fourth-order valence-corrected chi connectivity index (χ4v) is 5.61. The SMILES string of the molecule is Cc1ccc2nc(Cl)c(C3C(C#N)=C(N)N(Nc4ccc(Br)cc4)C4=C3C(=O)CC(C)(C)C4)cc2c1. The number of hydrogen-bond donors (Lipinski definition) is 2. The molecule has 1 atom stereocenters. The number of fused-ring (bicyclic) bond motifs is 1. The second kappa shape index (κ2) is 8.95. The van der Waals surface area contributed by atoms with Crippen LogP contribution in [-0.2, 0) is 4.79 Å². The van der Waals surface area contributed by atoms with E-state index < -0.39 is 5.92 Å². The van der Waals surface area contributed by atoms with Gasteiger partial charge in [0.05, 0.1) is 34.5 Å². The van der Waals surface area contributed by atoms with Crippen molar-refractivity contribution < 1.29 is 4.79 Å². The number of allylic oxidation sites excluding steroid dienone is 3. The molecule has 1 aliphatic carbocycles. The van der Waals surface area contributed by atoms with E-state index in [1.807, 2.05) is 55.5 Å². The van der Waals surface area contributed by atoms with Crippen LogP contribution in [0.5, 0.6) is 0 Å². The maximum absolute atomic E-state index is 13.7. The van der Waals surface area contributed by atoms with Crippen LogP contribution in [0.2, 0.25) is 5.15 Å². The summed E-state index contributed by atoms with van der Waals surface area (Å²) in [5.41, 5.74) is 14.5. The number of carbonyl (C=O) groups is 1. The highest BCUT2D eigenvalue weighted by molar-refractivity contribution is 9.10. The minimum absolute atomic E-state index is 0.0190. The van der Waals surface area contributed by atoms with Crippen LogP contribution in [0.4, 0.5) is 5.69 Å². The molecule has 6 nitrogen and oxygen atoms in total. The van der Waals surface area contributed by atoms with E-state index in [0.29, 0.717) is 24.0 Å². The average molecular weight is 563 g/mol. The van der Waals surface area contributed by atoms with Gasteiger partial charge in [-0.3, -0.25) is 10.2 Å². The summed E-state index contributed by atoms with van der Waals surface area (Å²) in [7, 11) is 0. The molecule has 8 heteroatoms. The molecule has 0 saturated heterocycles. The van der Waals surface area contributed by atoms with Crippen molar-refractivity contribution in [1.29, 1.82) is 5.26 Å². The zero-order valence-corrected chi connectivity index (χ0v) is 22.5. The minimum atomic E-state index is -0.693. The number of hydrogen-bond acceptors (Lipinski definition) is 6. The lowest BCUT2D eigenvalue weighted by molar-refractivity contribution is -0.118. The molecule has 0 amide bonds. The molecule has 3 N–H and O–H groups in total. The Hall–Kier alpha value is -3.34. The van der Waals surface area contributed by atoms with Gasteiger partial charge in [-0.25, -0.2) is 9.99 Å². The highest BCUT2D eigenvalue weighted by Crippen LogP contribution is 2.50. The van der Waals surface area contributed by atoms with Gasteiger partial charge >= 0.3 is 0 Å². The predicted molar refractivity (Wildman–Crippen MR) is 146 cm³/mol. The van der Waals surface area contributed by atoms with Crippen molar-refractivity contribution in [3.05, 3.63) is 91.9 Å². The fraction of sp³-hybridized carbons (Fsp3) is 0.250. The molecule has 182 valence electrons. The van der Waals surface area contributed by atoms with Gasteiger partial charge in [0.25, 0.3) is 0 Å². The van der Waals surface area contributed by atoms with Gasteiger partial charge in [0.15, 0.2) is 5.78 Å². The minimum Gasteiger partial charge on any atom is -0.383 e. The van der Waals surface area contributed by atoms with Crippen LogP contribution in [0.1, 0.15) is 43.7 Å². The van der Waals surface area contributed by atoms with Crippen LogP contribution in [-0.4, -0.2) is 15.8 Å². The topological polar surface area (TPSA) is 95.0 Å². The van der Waals surface area contributed by atoms with E-state index in [1.54, 1.807) is 5.01 Å². The van der Waals surface area contributed by atoms with Crippen molar-refractivity contribution in [2.24, 2.45) is 11.1 Å². The Bertz CT molecular complexity index is 1520. The Morgan fingerprint density at radius 2 is 1.92 bits per heavy atom. The number of nitriles is 1. The molecule has 0 saturated carbocycles. The lowest BCUT2D eigenvalue weighted by Crippen LogP contribution is -2.44. The first kappa shape index (κ1) is 24.4. The van der Waals surface area contributed by atoms with Gasteiger partial charge < -0.3 is 5.73 Å². The van der Waals surface area contributed by atoms with Crippen LogP contribution in [0, 0.1) is 23.7 Å². The number of Topliss-reactive ketones (excluding diaryl/α,β-unsaturated/α-hetero) is 1. The van der Waals surface area contributed by atoms with E-state index in [9.17, 15) is 10.1 Å². The maximum atomic E-state index is 13.7. The number of halogens is 2. The Morgan fingerprint density at radius 3 is 2.61 bits per heavy atom. The van der Waals surface area contributed by atoms with Crippen molar-refractivity contribution >= 4 is 49.9 Å². The molecular formula is C28H25BrClN5O. The van der Waals surface area contributed by atoms with Crippen molar-refractivity contribution in [2.75, 3.05) is 5.43 Å². The average Bonchev–Trinajstić information content (AvgIpc) is 2.81. The number of nitrogens with two attached hydrogens (primary N) is 1. The molecular weight excluding hydrogens is 538 g/mol. The second-order valence-corrected chi connectivity index (χ2v) is 11.4. The van der Waals surface area contributed by atoms with E-state index in [-0.39, 0.29) is 27.7 Å². The number of nitrogens with one attached hydrogen (secondary N) is 1. The number of aryl methyl sites for hydroxylation is 1. The molecule has 0 fully saturated rings. The number of benzene rings is 2. The quantitative estimate of drug-likeness (QED) is 0.344. The van der Waals surface area contributed by atoms with Crippen LogP contribution < -0.4 is 11.2 Å². The van der Waals surface area contributed by atoms with Gasteiger partial charge in [0, 0.05) is 27.4 Å². The maximum Gasteiger partial charge on any atom is 0.162 e. The summed E-state index contributed by atoms with van der Waals surface area (Å²) in [5, 5.41) is 13.1. The molecule has 1 unspecified atom stereocenters. The molecule has 5 rings (SSSR count). The number of carbonyl (C=O) groups excluding carboxylic acids is 1. The fourth-order valence-electron chi connectivity index (χ4n) is 5.09. The van der Waals surface area contributed by atoms with Gasteiger partial charge in [-0.15, -0.1) is 0 Å². The summed E-state index contributed by atoms with van der Waals surface area (Å²) in [6.07, 6.45) is 0.968. The Morgan fingerprint density at radius 1 is 1.19 bits per heavy atom. The van der Waals surface area contributed by atoms with Crippen molar-refractivity contribution in [2.45, 2.75) is 39.5 Å². The Labute approximate surface area is 223 Å². The molecule has 2 aromatic carbocycles. The Kier molecular flexibility index (Phi) is 6.06. The number of pyridine rings is 1. The highest BCUT2D eigenvalue weighted by Gasteiger charge is 2.45. The summed E-state index contributed by atoms with van der Waals surface area (Å²) in [4.78, 5) is 18.3. The normalized spacial score (nSPS) is 19.4. The predicted octanol–water partition coefficient (Wildman–Crippen LogP) is 6.72. The lowest BCUT2D eigenvalue weighted by atomic mass is 9.69. The van der Waals surface area contributed by atoms with Crippen LogP contribution in [0.25, 0.3) is 10.9 Å². The van der Waals surface area contributed by atoms with Gasteiger partial charge in [0.1, 0.15) is 11.0 Å². The molecule has 2 aliphatic rings. The molecule has 0 spiro atoms. The number of aromatic nitrogens is 1. The smallest absolute Gasteiger partial charge is 0.162 e. The first-order chi connectivity index (χ1) is 17.1. The molecule has 3 aromatic rings. The summed E-state index contributed by atoms with van der Waals surface area (Å²) in [5.74, 6) is -0.467. The molecule has 36 heavy (non-hydrogen) atoms. The first-order valence-electron chi connectivity index (χ1n) is 11.6. The number of rotatable bonds is 3. The van der Waals surface area contributed by atoms with Crippen molar-refractivity contribution in [3.8, 4) is 6.07 Å². The second-order valence-electron chi connectivity index (χ2n) is 10.2. The summed E-state index contributed by atoms with van der Waals surface area (Å²) < 4.78 is 0.940. The number of ketones is 1. The molecule has 0 radical (unpaired) electrons. The van der Waals surface area contributed by atoms with Crippen LogP contribution in [0.3, 0.4) is 0 Å². The first-order valence-corrected chi connectivity index (χ1v) is 12.8. The standard InChI is InChI=1S/C28H25BrClN5O/c1-15-4-9-21-16(10-15)11-19(26(30)33-21)24-20(14-31)27(32)35(34-18-7-5-17(29)6-8-18)22-12-28(2,3)13-23(36)25(22)24/h4-11,24,34H,12-13,32H2,1-3H3. The Balaban J connectivity index is 1.73. The largest absolute Gasteiger partial charge is 0.383 e. The number of anilines is 1. The van der Waals surface area contributed by atoms with Crippen LogP contribution >= 0.6 is 27.5 Å². The van der Waals surface area contributed by atoms with E-state index >= 15 is 0 Å². The zero-order chi connectivity index (χ0) is 25.8. The third kappa shape index (κ3) is 4.25. The van der Waals surface area contributed by atoms with Crippen molar-refractivity contribution in [3.63, 3.8) is 0 Å². The van der Waals surface area contributed by atoms with E-state index in [1.165, 1.54) is 0 Å². The van der Waals surface area contributed by atoms with Crippen LogP contribution in [0.15, 0.2) is 75.7 Å². The highest BCUT2D eigenvalue weighted by atomic mass is 79.9. The van der Waals surface area contributed by atoms with Gasteiger partial charge in [0.2, 0.25) is 0 Å². The van der Waals surface area contributed by atoms with E-state index in [2.05, 4.69) is 46.3 Å². The third-order valence-electron chi connectivity index (χ3n) is 6.73. The van der Waals surface area contributed by atoms with Gasteiger partial charge in [-0.1, -0.05) is 53.0 Å². The van der Waals surface area contributed by atoms with Gasteiger partial charge in [-0.2, -0.15) is 5.26 Å². The van der Waals surface area contributed by atoms with Gasteiger partial charge in [-0.05, 0) is 61.2 Å². The lowest BCUT2D eigenvalue weighted by Gasteiger charge is -2.43. The summed E-state index contributed by atoms with van der Waals surface area (Å²) in [6, 6.07) is 17.7. The number of nitrogens with zero attached hydrogens (tertiary/aromatic N) is 3. The summed E-state index contributed by atoms with van der Waals surface area (Å²) in [6.45, 7) is 6.13. The molecule has 1 aromatic heterocycles. The monoisotopic (exact) mass is 561 g/mol. The third-order valence-corrected chi connectivity index (χ3v) is 7.56. The zero-order valence-electron chi connectivity index (χ0n) is 20.2. The number of hydrazine groups is 1. The van der Waals surface area contributed by atoms with Crippen molar-refractivity contribution in [1.82, 2.24) is 9.99 Å². The van der Waals surface area contributed by atoms with E-state index in [0.717, 1.165) is 32.3 Å². The molecule has 0 bridgehead atoms. The molecule has 2 heterocycles. The molecule has 1 aliphatic heterocycles. The summed E-state index contributed by atoms with van der Waals surface area (Å²) >= 11 is 10.2. The van der Waals surface area contributed by atoms with E-state index in [4.69, 9.17) is 17.3 Å².